The van der Waals surface area contributed by atoms with Gasteiger partial charge in [0.15, 0.2) is 0 Å². The Morgan fingerprint density at radius 1 is 0.500 bits per heavy atom. The Morgan fingerprint density at radius 2 is 0.700 bits per heavy atom. The Balaban J connectivity index is -0.000000427. The highest BCUT2D eigenvalue weighted by Crippen LogP contribution is 2.61. The van der Waals surface area contributed by atoms with E-state index in [0.717, 1.165) is 0 Å². The van der Waals surface area contributed by atoms with Crippen LogP contribution in [0, 0.1) is 0 Å². The summed E-state index contributed by atoms with van der Waals surface area (Å²) in [7, 11) is -0.562. The largest absolute Gasteiger partial charge is 1.00 e. The van der Waals surface area contributed by atoms with Crippen LogP contribution in [0.1, 0.15) is 79.1 Å². The molecule has 0 radical (unpaired) electrons. The van der Waals surface area contributed by atoms with Gasteiger partial charge in [0.05, 0.1) is 24.6 Å². The van der Waals surface area contributed by atoms with Crippen LogP contribution in [0.4, 0.5) is 9.41 Å². The number of halogens is 3. The maximum atomic E-state index is 2.36. The molecule has 0 atom stereocenters. The number of rotatable bonds is 12. The van der Waals surface area contributed by atoms with Crippen molar-refractivity contribution in [3.8, 4) is 0 Å². The van der Waals surface area contributed by atoms with Gasteiger partial charge in [0.2, 0.25) is 0 Å². The van der Waals surface area contributed by atoms with Crippen LogP contribution in [0.3, 0.4) is 0 Å². The molecular weight excluding hydrogens is 280 g/mol. The molecule has 0 unspecified atom stereocenters. The lowest BCUT2D eigenvalue weighted by Crippen LogP contribution is -3.00. The molecule has 0 heterocycles. The highest BCUT2D eigenvalue weighted by molar-refractivity contribution is 7.75. The first kappa shape index (κ1) is 28.4. The number of hydrogen-bond donors (Lipinski definition) is 0. The minimum atomic E-state index is -0.562. The predicted octanol–water partition coefficient (Wildman–Crippen LogP) is 3.51. The zero-order valence-corrected chi connectivity index (χ0v) is 15.0. The molecule has 128 valence electrons. The van der Waals surface area contributed by atoms with Gasteiger partial charge in [0.25, 0.3) is 0 Å². The zero-order valence-electron chi connectivity index (χ0n) is 14.1. The molecule has 0 N–H and O–H groups in total. The molecule has 0 spiro atoms. The second kappa shape index (κ2) is 19.2. The Hall–Kier alpha value is 0.220. The van der Waals surface area contributed by atoms with Gasteiger partial charge in [-0.25, -0.2) is 0 Å². The molecule has 0 saturated carbocycles. The topological polar surface area (TPSA) is 0 Å². The first-order valence-corrected chi connectivity index (χ1v) is 10.6. The van der Waals surface area contributed by atoms with Crippen molar-refractivity contribution in [3.63, 3.8) is 0 Å². The van der Waals surface area contributed by atoms with Gasteiger partial charge in [0, 0.05) is 7.26 Å². The lowest BCUT2D eigenvalue weighted by molar-refractivity contribution is -0.00000581. The van der Waals surface area contributed by atoms with Gasteiger partial charge in [0.1, 0.15) is 0 Å². The van der Waals surface area contributed by atoms with Gasteiger partial charge in [-0.3, -0.25) is 9.41 Å². The number of hydrogen-bond acceptors (Lipinski definition) is 0. The smallest absolute Gasteiger partial charge is 0.0594 e. The molecule has 0 rings (SSSR count). The van der Waals surface area contributed by atoms with Gasteiger partial charge in [-0.2, -0.15) is 0 Å². The van der Waals surface area contributed by atoms with E-state index >= 15 is 0 Å². The summed E-state index contributed by atoms with van der Waals surface area (Å²) in [5.74, 6) is 0. The van der Waals surface area contributed by atoms with E-state index in [-0.39, 0.29) is 14.1 Å². The molecule has 0 saturated heterocycles. The summed E-state index contributed by atoms with van der Waals surface area (Å²) in [6.07, 6.45) is 17.9. The van der Waals surface area contributed by atoms with Crippen molar-refractivity contribution in [1.29, 1.82) is 0 Å². The molecule has 0 aliphatic carbocycles. The Labute approximate surface area is 125 Å². The van der Waals surface area contributed by atoms with Crippen LogP contribution in [0.25, 0.3) is 0 Å². The first-order valence-electron chi connectivity index (χ1n) is 8.09. The third kappa shape index (κ3) is 13.2. The SMILES string of the molecule is CCCC[P+](CCCC)(CCCC)CCCC.F.F.[F-]. The van der Waals surface area contributed by atoms with Crippen LogP contribution < -0.4 is 4.70 Å². The maximum absolute atomic E-state index is 2.36. The standard InChI is InChI=1S/C16H36P.3FH/c1-5-9-13-17(14-10-6-2,15-11-7-3)16-12-8-4;;;/h5-16H2,1-4H3;3*1H/q+1;;;/p-1. The summed E-state index contributed by atoms with van der Waals surface area (Å²) in [4.78, 5) is 0. The Morgan fingerprint density at radius 3 is 0.850 bits per heavy atom. The average molecular weight is 318 g/mol. The van der Waals surface area contributed by atoms with Crippen molar-refractivity contribution in [3.05, 3.63) is 0 Å². The van der Waals surface area contributed by atoms with Gasteiger partial charge in [-0.1, -0.05) is 53.4 Å². The lowest BCUT2D eigenvalue weighted by atomic mass is 10.4. The molecule has 0 aromatic heterocycles. The maximum Gasteiger partial charge on any atom is 0.0594 e. The van der Waals surface area contributed by atoms with Crippen molar-refractivity contribution < 1.29 is 14.1 Å². The fourth-order valence-electron chi connectivity index (χ4n) is 2.64. The van der Waals surface area contributed by atoms with E-state index < -0.39 is 7.26 Å². The lowest BCUT2D eigenvalue weighted by Gasteiger charge is -2.28. The molecule has 0 aromatic carbocycles. The molecule has 0 bridgehead atoms. The van der Waals surface area contributed by atoms with E-state index in [2.05, 4.69) is 27.7 Å². The van der Waals surface area contributed by atoms with Crippen molar-refractivity contribution in [2.45, 2.75) is 79.1 Å². The van der Waals surface area contributed by atoms with Crippen LogP contribution in [0.5, 0.6) is 0 Å². The second-order valence-electron chi connectivity index (χ2n) is 5.65. The molecule has 0 aromatic rings. The normalized spacial score (nSPS) is 10.2. The summed E-state index contributed by atoms with van der Waals surface area (Å²) in [6.45, 7) is 9.42. The van der Waals surface area contributed by atoms with Crippen molar-refractivity contribution in [2.24, 2.45) is 0 Å². The highest BCUT2D eigenvalue weighted by Gasteiger charge is 2.34. The van der Waals surface area contributed by atoms with E-state index in [4.69, 9.17) is 0 Å². The molecule has 20 heavy (non-hydrogen) atoms. The Bertz CT molecular complexity index is 128. The Kier molecular flexibility index (Phi) is 27.3. The summed E-state index contributed by atoms with van der Waals surface area (Å²) in [5.41, 5.74) is 0. The van der Waals surface area contributed by atoms with E-state index in [0.29, 0.717) is 0 Å². The van der Waals surface area contributed by atoms with Gasteiger partial charge < -0.3 is 4.70 Å². The average Bonchev–Trinajstić information content (AvgIpc) is 2.37. The second-order valence-corrected chi connectivity index (χ2v) is 10.1. The first-order chi connectivity index (χ1) is 8.24. The monoisotopic (exact) mass is 318 g/mol. The minimum absolute atomic E-state index is 0. The molecule has 0 amide bonds. The summed E-state index contributed by atoms with van der Waals surface area (Å²) in [6, 6.07) is 0. The molecule has 4 heteroatoms. The van der Waals surface area contributed by atoms with Crippen LogP contribution in [-0.4, -0.2) is 24.6 Å². The third-order valence-electron chi connectivity index (χ3n) is 3.94. The van der Waals surface area contributed by atoms with Gasteiger partial charge in [-0.05, 0) is 25.7 Å². The van der Waals surface area contributed by atoms with E-state index in [1.54, 1.807) is 24.6 Å². The fraction of sp³-hybridized carbons (Fsp3) is 1.00. The van der Waals surface area contributed by atoms with Crippen LogP contribution >= 0.6 is 7.26 Å². The van der Waals surface area contributed by atoms with Crippen LogP contribution in [-0.2, 0) is 0 Å². The number of unbranched alkanes of at least 4 members (excludes halogenated alkanes) is 4. The van der Waals surface area contributed by atoms with Crippen molar-refractivity contribution in [1.82, 2.24) is 0 Å². The van der Waals surface area contributed by atoms with Gasteiger partial charge >= 0.3 is 0 Å². The van der Waals surface area contributed by atoms with E-state index in [9.17, 15) is 0 Å². The third-order valence-corrected chi connectivity index (χ3v) is 9.00. The van der Waals surface area contributed by atoms with Gasteiger partial charge in [-0.15, -0.1) is 0 Å². The van der Waals surface area contributed by atoms with E-state index in [1.165, 1.54) is 51.4 Å². The molecule has 0 aliphatic rings. The molecule has 0 aliphatic heterocycles. The van der Waals surface area contributed by atoms with Crippen molar-refractivity contribution in [2.75, 3.05) is 24.6 Å². The highest BCUT2D eigenvalue weighted by atomic mass is 31.2. The predicted molar refractivity (Wildman–Crippen MR) is 91.0 cm³/mol. The zero-order chi connectivity index (χ0) is 13.0. The van der Waals surface area contributed by atoms with Crippen LogP contribution in [0.2, 0.25) is 0 Å². The van der Waals surface area contributed by atoms with E-state index in [1.807, 2.05) is 0 Å². The molecule has 0 nitrogen and oxygen atoms in total. The van der Waals surface area contributed by atoms with Crippen molar-refractivity contribution >= 4 is 7.26 Å². The summed E-state index contributed by atoms with van der Waals surface area (Å²) < 4.78 is 0. The summed E-state index contributed by atoms with van der Waals surface area (Å²) in [5, 5.41) is 0. The van der Waals surface area contributed by atoms with Crippen LogP contribution in [0.15, 0.2) is 0 Å². The molecule has 0 fully saturated rings. The fourth-order valence-corrected chi connectivity index (χ4v) is 7.93. The molecular formula is C16H38F3P. The quantitative estimate of drug-likeness (QED) is 0.483. The minimum Gasteiger partial charge on any atom is -1.00 e. The summed E-state index contributed by atoms with van der Waals surface area (Å²) >= 11 is 0.